The highest BCUT2D eigenvalue weighted by atomic mass is 35.5. The maximum Gasteiger partial charge on any atom is 0.408 e. The van der Waals surface area contributed by atoms with Gasteiger partial charge in [0.05, 0.1) is 6.04 Å². The summed E-state index contributed by atoms with van der Waals surface area (Å²) in [6, 6.07) is 5.13. The normalized spacial score (nSPS) is 17.1. The zero-order valence-corrected chi connectivity index (χ0v) is 17.2. The van der Waals surface area contributed by atoms with Gasteiger partial charge in [0, 0.05) is 17.9 Å². The van der Waals surface area contributed by atoms with Gasteiger partial charge in [0.25, 0.3) is 0 Å². The first kappa shape index (κ1) is 21.4. The smallest absolute Gasteiger partial charge is 0.408 e. The predicted molar refractivity (Wildman–Crippen MR) is 105 cm³/mol. The monoisotopic (exact) mass is 393 g/mol. The minimum atomic E-state index is -0.710. The summed E-state index contributed by atoms with van der Waals surface area (Å²) in [5, 5.41) is 3.29. The van der Waals surface area contributed by atoms with Crippen molar-refractivity contribution in [2.75, 3.05) is 0 Å². The van der Waals surface area contributed by atoms with E-state index < -0.39 is 17.7 Å². The lowest BCUT2D eigenvalue weighted by Gasteiger charge is -2.22. The van der Waals surface area contributed by atoms with E-state index in [-0.39, 0.29) is 30.3 Å². The summed E-state index contributed by atoms with van der Waals surface area (Å²) in [4.78, 5) is 36.1. The molecule has 2 rings (SSSR count). The number of ketones is 2. The first-order valence-electron chi connectivity index (χ1n) is 9.35. The molecule has 1 N–H and O–H groups in total. The first-order valence-corrected chi connectivity index (χ1v) is 9.73. The van der Waals surface area contributed by atoms with Crippen LogP contribution in [0.15, 0.2) is 18.2 Å². The lowest BCUT2D eigenvalue weighted by Crippen LogP contribution is -2.42. The second-order valence-electron chi connectivity index (χ2n) is 8.17. The number of amides is 1. The molecule has 0 saturated carbocycles. The van der Waals surface area contributed by atoms with Crippen molar-refractivity contribution in [2.45, 2.75) is 77.4 Å². The van der Waals surface area contributed by atoms with E-state index in [1.165, 1.54) is 18.1 Å². The highest BCUT2D eigenvalue weighted by molar-refractivity contribution is 6.30. The lowest BCUT2D eigenvalue weighted by molar-refractivity contribution is -0.121. The number of carbonyl (C=O) groups is 3. The van der Waals surface area contributed by atoms with Gasteiger partial charge < -0.3 is 10.1 Å². The van der Waals surface area contributed by atoms with Crippen LogP contribution in [0.3, 0.4) is 0 Å². The van der Waals surface area contributed by atoms with Crippen LogP contribution >= 0.6 is 11.6 Å². The number of alkyl carbamates (subject to hydrolysis) is 1. The molecule has 1 aromatic carbocycles. The second kappa shape index (κ2) is 8.87. The Kier molecular flexibility index (Phi) is 7.04. The van der Waals surface area contributed by atoms with Gasteiger partial charge >= 0.3 is 6.09 Å². The average molecular weight is 394 g/mol. The molecule has 1 amide bonds. The Bertz CT molecular complexity index is 723. The molecule has 1 aliphatic carbocycles. The van der Waals surface area contributed by atoms with Crippen LogP contribution in [-0.4, -0.2) is 29.3 Å². The molecule has 1 aliphatic rings. The molecule has 0 unspecified atom stereocenters. The lowest BCUT2D eigenvalue weighted by atomic mass is 9.93. The average Bonchev–Trinajstić information content (AvgIpc) is 2.91. The molecule has 27 heavy (non-hydrogen) atoms. The number of halogens is 1. The maximum absolute atomic E-state index is 12.4. The van der Waals surface area contributed by atoms with Gasteiger partial charge in [-0.25, -0.2) is 4.79 Å². The van der Waals surface area contributed by atoms with Crippen LogP contribution in [0.25, 0.3) is 0 Å². The number of Topliss-reactive ketones (excluding diaryl/α,β-unsaturated/α-hetero) is 2. The van der Waals surface area contributed by atoms with E-state index in [2.05, 4.69) is 5.32 Å². The van der Waals surface area contributed by atoms with Gasteiger partial charge in [-0.15, -0.1) is 0 Å². The molecule has 0 spiro atoms. The highest BCUT2D eigenvalue weighted by Gasteiger charge is 2.26. The van der Waals surface area contributed by atoms with Crippen molar-refractivity contribution >= 4 is 29.3 Å². The third kappa shape index (κ3) is 6.65. The molecule has 0 fully saturated rings. The van der Waals surface area contributed by atoms with Gasteiger partial charge in [0.2, 0.25) is 0 Å². The Morgan fingerprint density at radius 1 is 1.30 bits per heavy atom. The molecular weight excluding hydrogens is 366 g/mol. The van der Waals surface area contributed by atoms with Crippen LogP contribution in [0.4, 0.5) is 4.79 Å². The Hall–Kier alpha value is -1.88. The molecule has 0 bridgehead atoms. The van der Waals surface area contributed by atoms with Crippen molar-refractivity contribution in [3.05, 3.63) is 34.3 Å². The first-order chi connectivity index (χ1) is 12.5. The predicted octanol–water partition coefficient (Wildman–Crippen LogP) is 4.59. The zero-order valence-electron chi connectivity index (χ0n) is 16.4. The van der Waals surface area contributed by atoms with Gasteiger partial charge in [-0.3, -0.25) is 9.59 Å². The summed E-state index contributed by atoms with van der Waals surface area (Å²) in [5.41, 5.74) is 1.77. The van der Waals surface area contributed by atoms with Crippen LogP contribution in [-0.2, 0) is 20.7 Å². The molecule has 0 radical (unpaired) electrons. The fourth-order valence-electron chi connectivity index (χ4n) is 3.40. The van der Waals surface area contributed by atoms with E-state index in [1.807, 2.05) is 18.2 Å². The third-order valence-corrected chi connectivity index (χ3v) is 4.91. The van der Waals surface area contributed by atoms with Crippen LogP contribution < -0.4 is 5.32 Å². The van der Waals surface area contributed by atoms with Gasteiger partial charge in [-0.2, -0.15) is 0 Å². The Morgan fingerprint density at radius 3 is 2.63 bits per heavy atom. The molecule has 0 aromatic heterocycles. The number of hydrogen-bond acceptors (Lipinski definition) is 4. The van der Waals surface area contributed by atoms with Gasteiger partial charge in [0.1, 0.15) is 11.4 Å². The van der Waals surface area contributed by atoms with E-state index in [4.69, 9.17) is 16.3 Å². The van der Waals surface area contributed by atoms with E-state index in [0.29, 0.717) is 6.42 Å². The largest absolute Gasteiger partial charge is 0.444 e. The number of hydrogen-bond donors (Lipinski definition) is 1. The van der Waals surface area contributed by atoms with Gasteiger partial charge in [-0.1, -0.05) is 17.7 Å². The van der Waals surface area contributed by atoms with Crippen LogP contribution in [0.1, 0.15) is 70.4 Å². The summed E-state index contributed by atoms with van der Waals surface area (Å²) in [6.45, 7) is 6.67. The number of ether oxygens (including phenoxy) is 1. The van der Waals surface area contributed by atoms with Crippen molar-refractivity contribution in [1.82, 2.24) is 5.32 Å². The molecule has 1 aromatic rings. The van der Waals surface area contributed by atoms with E-state index in [9.17, 15) is 14.4 Å². The Balaban J connectivity index is 1.86. The van der Waals surface area contributed by atoms with Crippen LogP contribution in [0.2, 0.25) is 5.02 Å². The number of fused-ring (bicyclic) bond motifs is 1. The summed E-state index contributed by atoms with van der Waals surface area (Å²) in [5.74, 6) is 0.119. The summed E-state index contributed by atoms with van der Waals surface area (Å²) in [6.07, 6.45) is 2.22. The van der Waals surface area contributed by atoms with Crippen molar-refractivity contribution in [3.8, 4) is 0 Å². The molecule has 0 heterocycles. The molecule has 0 aliphatic heterocycles. The molecule has 5 nitrogen and oxygen atoms in total. The van der Waals surface area contributed by atoms with Gasteiger partial charge in [0.15, 0.2) is 5.78 Å². The number of nitrogens with one attached hydrogen (secondary N) is 1. The maximum atomic E-state index is 12.4. The topological polar surface area (TPSA) is 72.5 Å². The molecular formula is C21H28ClNO4. The fraction of sp³-hybridized carbons (Fsp3) is 0.571. The minimum Gasteiger partial charge on any atom is -0.444 e. The van der Waals surface area contributed by atoms with Gasteiger partial charge in [-0.05, 0) is 76.1 Å². The van der Waals surface area contributed by atoms with Crippen molar-refractivity contribution in [2.24, 2.45) is 0 Å². The Labute approximate surface area is 165 Å². The van der Waals surface area contributed by atoms with Crippen LogP contribution in [0, 0.1) is 0 Å². The van der Waals surface area contributed by atoms with Crippen LogP contribution in [0.5, 0.6) is 0 Å². The summed E-state index contributed by atoms with van der Waals surface area (Å²) >= 11 is 6.03. The number of aryl methyl sites for hydroxylation is 1. The summed E-state index contributed by atoms with van der Waals surface area (Å²) < 4.78 is 5.18. The second-order valence-corrected chi connectivity index (χ2v) is 8.61. The summed E-state index contributed by atoms with van der Waals surface area (Å²) in [7, 11) is 0. The molecule has 0 saturated heterocycles. The van der Waals surface area contributed by atoms with Crippen molar-refractivity contribution in [1.29, 1.82) is 0 Å². The van der Waals surface area contributed by atoms with Crippen molar-refractivity contribution in [3.63, 3.8) is 0 Å². The molecule has 148 valence electrons. The Morgan fingerprint density at radius 2 is 2.00 bits per heavy atom. The highest BCUT2D eigenvalue weighted by Crippen LogP contribution is 2.37. The number of carbonyl (C=O) groups excluding carboxylic acids is 3. The van der Waals surface area contributed by atoms with E-state index >= 15 is 0 Å². The zero-order chi connectivity index (χ0) is 20.2. The number of benzene rings is 1. The fourth-order valence-corrected chi connectivity index (χ4v) is 3.59. The minimum absolute atomic E-state index is 0.0973. The third-order valence-electron chi connectivity index (χ3n) is 4.67. The van der Waals surface area contributed by atoms with Crippen molar-refractivity contribution < 1.29 is 19.1 Å². The number of rotatable bonds is 7. The molecule has 6 heteroatoms. The molecule has 2 atom stereocenters. The quantitative estimate of drug-likeness (QED) is 0.735. The SMILES string of the molecule is CC(=O)[C@H](CCC(=O)C[C@@H]1CCc2cc(Cl)ccc21)NC(=O)OC(C)(C)C. The standard InChI is InChI=1S/C21H28ClNO4/c1-13(24)19(23-20(26)27-21(2,3)4)10-8-17(25)12-15-6-5-14-11-16(22)7-9-18(14)15/h7,9,11,15,19H,5-6,8,10,12H2,1-4H3,(H,23,26)/t15-,19-/m0/s1. The van der Waals surface area contributed by atoms with E-state index in [0.717, 1.165) is 17.9 Å². The van der Waals surface area contributed by atoms with E-state index in [1.54, 1.807) is 20.8 Å².